The minimum Gasteiger partial charge on any atom is -0.256 e. The summed E-state index contributed by atoms with van der Waals surface area (Å²) in [5, 5.41) is 0. The number of hydrogen-bond donors (Lipinski definition) is 0. The van der Waals surface area contributed by atoms with E-state index in [9.17, 15) is 0 Å². The first-order valence-corrected chi connectivity index (χ1v) is 18.6. The maximum atomic E-state index is 4.78. The van der Waals surface area contributed by atoms with Crippen LogP contribution in [0.25, 0.3) is 11.3 Å². The molecule has 0 atom stereocenters. The molecule has 0 saturated carbocycles. The summed E-state index contributed by atoms with van der Waals surface area (Å²) in [4.78, 5) is 4.78. The quantitative estimate of drug-likeness (QED) is 0.132. The Morgan fingerprint density at radius 1 is 0.686 bits per heavy atom. The van der Waals surface area contributed by atoms with Crippen molar-refractivity contribution in [1.82, 2.24) is 4.98 Å². The maximum Gasteiger partial charge on any atom is 0.0702 e. The first kappa shape index (κ1) is 29.8. The van der Waals surface area contributed by atoms with Gasteiger partial charge in [0.05, 0.1) is 5.69 Å². The molecule has 0 aliphatic carbocycles. The van der Waals surface area contributed by atoms with Crippen molar-refractivity contribution in [2.24, 2.45) is 0 Å². The smallest absolute Gasteiger partial charge is 0.0702 e. The molecule has 0 amide bonds. The molecule has 1 aromatic carbocycles. The van der Waals surface area contributed by atoms with Gasteiger partial charge >= 0.3 is 0 Å². The van der Waals surface area contributed by atoms with Crippen molar-refractivity contribution in [2.45, 2.75) is 142 Å². The molecule has 0 aliphatic rings. The normalized spacial score (nSPS) is 11.8. The predicted molar refractivity (Wildman–Crippen MR) is 159 cm³/mol. The molecule has 0 N–H and O–H groups in total. The Bertz CT molecular complexity index is 774. The van der Waals surface area contributed by atoms with Gasteiger partial charge in [0.2, 0.25) is 0 Å². The topological polar surface area (TPSA) is 12.9 Å². The summed E-state index contributed by atoms with van der Waals surface area (Å²) >= 11 is 0. The summed E-state index contributed by atoms with van der Waals surface area (Å²) in [6.07, 6.45) is 25.1. The molecule has 1 aromatic heterocycles. The van der Waals surface area contributed by atoms with Gasteiger partial charge in [-0.25, -0.2) is 0 Å². The fourth-order valence-electron chi connectivity index (χ4n) is 4.88. The van der Waals surface area contributed by atoms with Crippen molar-refractivity contribution in [1.29, 1.82) is 0 Å². The molecule has 1 nitrogen and oxygen atoms in total. The van der Waals surface area contributed by atoms with Gasteiger partial charge in [0.15, 0.2) is 0 Å². The molecule has 0 bridgehead atoms. The molecule has 0 saturated heterocycles. The van der Waals surface area contributed by atoms with E-state index in [2.05, 4.69) is 69.2 Å². The standard InChI is InChI=1S/C33H54NSi/c1-5-6-7-8-14-18-22-31-25-26-33(34-29-31)32-24-20-23-30(28-32)21-17-15-12-10-9-11-13-16-19-27-35(2,3)4/h20,24-26,28-29H,5-19,21-22,27H2,1-4H3. The Kier molecular flexibility index (Phi) is 15.3. The van der Waals surface area contributed by atoms with E-state index in [1.54, 1.807) is 0 Å². The Balaban J connectivity index is 1.58. The van der Waals surface area contributed by atoms with E-state index in [1.165, 1.54) is 119 Å². The second kappa shape index (κ2) is 17.9. The molecule has 1 radical (unpaired) electrons. The van der Waals surface area contributed by atoms with Gasteiger partial charge < -0.3 is 0 Å². The van der Waals surface area contributed by atoms with Crippen LogP contribution in [0.5, 0.6) is 0 Å². The van der Waals surface area contributed by atoms with Crippen LogP contribution in [0.15, 0.2) is 36.5 Å². The number of aryl methyl sites for hydroxylation is 2. The minimum atomic E-state index is -0.816. The van der Waals surface area contributed by atoms with Gasteiger partial charge in [-0.2, -0.15) is 0 Å². The fraction of sp³-hybridized carbons (Fsp3) is 0.667. The van der Waals surface area contributed by atoms with Gasteiger partial charge in [0.1, 0.15) is 0 Å². The van der Waals surface area contributed by atoms with E-state index >= 15 is 0 Å². The van der Waals surface area contributed by atoms with Crippen LogP contribution in [0.3, 0.4) is 0 Å². The Hall–Kier alpha value is -1.41. The van der Waals surface area contributed by atoms with E-state index < -0.39 is 8.07 Å². The summed E-state index contributed by atoms with van der Waals surface area (Å²) in [6.45, 7) is 9.76. The molecule has 0 unspecified atom stereocenters. The zero-order valence-corrected chi connectivity index (χ0v) is 24.6. The number of benzene rings is 1. The number of hydrogen-bond acceptors (Lipinski definition) is 1. The van der Waals surface area contributed by atoms with Crippen LogP contribution in [0.4, 0.5) is 0 Å². The number of unbranched alkanes of at least 4 members (excludes halogenated alkanes) is 13. The van der Waals surface area contributed by atoms with E-state index in [0.29, 0.717) is 0 Å². The summed E-state index contributed by atoms with van der Waals surface area (Å²) < 4.78 is 0. The zero-order chi connectivity index (χ0) is 25.2. The summed E-state index contributed by atoms with van der Waals surface area (Å²) in [5.74, 6) is 0. The Morgan fingerprint density at radius 3 is 1.89 bits per heavy atom. The first-order valence-electron chi connectivity index (χ1n) is 14.9. The first-order chi connectivity index (χ1) is 17.0. The Morgan fingerprint density at radius 2 is 1.29 bits per heavy atom. The summed E-state index contributed by atoms with van der Waals surface area (Å²) in [6, 6.07) is 16.0. The summed E-state index contributed by atoms with van der Waals surface area (Å²) in [5.41, 5.74) is 5.04. The van der Waals surface area contributed by atoms with Crippen LogP contribution in [-0.2, 0) is 12.8 Å². The second-order valence-corrected chi connectivity index (χ2v) is 17.5. The average Bonchev–Trinajstić information content (AvgIpc) is 2.84. The molecule has 0 spiro atoms. The van der Waals surface area contributed by atoms with Gasteiger partial charge in [-0.05, 0) is 55.0 Å². The molecule has 0 fully saturated rings. The van der Waals surface area contributed by atoms with Crippen LogP contribution >= 0.6 is 0 Å². The maximum absolute atomic E-state index is 4.78. The molecular formula is C33H54NSi. The van der Waals surface area contributed by atoms with Crippen molar-refractivity contribution in [2.75, 3.05) is 0 Å². The van der Waals surface area contributed by atoms with Gasteiger partial charge in [0.25, 0.3) is 0 Å². The van der Waals surface area contributed by atoms with Crippen LogP contribution < -0.4 is 0 Å². The lowest BCUT2D eigenvalue weighted by atomic mass is 10.0. The number of pyridine rings is 1. The lowest BCUT2D eigenvalue weighted by Crippen LogP contribution is -2.18. The predicted octanol–water partition coefficient (Wildman–Crippen LogP) is 10.8. The van der Waals surface area contributed by atoms with Gasteiger partial charge in [-0.15, -0.1) is 0 Å². The largest absolute Gasteiger partial charge is 0.256 e. The molecule has 35 heavy (non-hydrogen) atoms. The monoisotopic (exact) mass is 492 g/mol. The SMILES string of the molecule is CCCCCCCCc1ccc(-c2cc[c]c(CCCCCCCCCCC[Si](C)(C)C)c2)nc1. The van der Waals surface area contributed by atoms with E-state index in [4.69, 9.17) is 4.98 Å². The third-order valence-corrected chi connectivity index (χ3v) is 9.03. The van der Waals surface area contributed by atoms with Crippen molar-refractivity contribution >= 4 is 8.07 Å². The number of aromatic nitrogens is 1. The average molecular weight is 493 g/mol. The second-order valence-electron chi connectivity index (χ2n) is 11.9. The molecule has 2 rings (SSSR count). The molecule has 195 valence electrons. The molecular weight excluding hydrogens is 438 g/mol. The summed E-state index contributed by atoms with van der Waals surface area (Å²) in [7, 11) is -0.816. The van der Waals surface area contributed by atoms with Crippen LogP contribution in [0.2, 0.25) is 25.7 Å². The lowest BCUT2D eigenvalue weighted by Gasteiger charge is -2.14. The van der Waals surface area contributed by atoms with Gasteiger partial charge in [0, 0.05) is 19.8 Å². The van der Waals surface area contributed by atoms with Crippen LogP contribution in [-0.4, -0.2) is 13.1 Å². The van der Waals surface area contributed by atoms with Crippen molar-refractivity contribution in [3.05, 3.63) is 53.7 Å². The highest BCUT2D eigenvalue weighted by Gasteiger charge is 2.11. The number of nitrogens with zero attached hydrogens (tertiary/aromatic N) is 1. The third kappa shape index (κ3) is 14.7. The highest BCUT2D eigenvalue weighted by molar-refractivity contribution is 6.76. The van der Waals surface area contributed by atoms with E-state index in [-0.39, 0.29) is 0 Å². The number of rotatable bonds is 20. The van der Waals surface area contributed by atoms with E-state index in [0.717, 1.165) is 18.5 Å². The van der Waals surface area contributed by atoms with Crippen molar-refractivity contribution in [3.8, 4) is 11.3 Å². The highest BCUT2D eigenvalue weighted by Crippen LogP contribution is 2.21. The highest BCUT2D eigenvalue weighted by atomic mass is 28.3. The van der Waals surface area contributed by atoms with Crippen LogP contribution in [0, 0.1) is 6.07 Å². The van der Waals surface area contributed by atoms with Gasteiger partial charge in [-0.3, -0.25) is 4.98 Å². The van der Waals surface area contributed by atoms with E-state index in [1.807, 2.05) is 0 Å². The van der Waals surface area contributed by atoms with Gasteiger partial charge in [-0.1, -0.05) is 134 Å². The lowest BCUT2D eigenvalue weighted by molar-refractivity contribution is 0.564. The van der Waals surface area contributed by atoms with Crippen molar-refractivity contribution in [3.63, 3.8) is 0 Å². The molecule has 2 heteroatoms. The third-order valence-electron chi connectivity index (χ3n) is 7.17. The molecule has 2 aromatic rings. The molecule has 1 heterocycles. The fourth-order valence-corrected chi connectivity index (χ4v) is 6.19. The van der Waals surface area contributed by atoms with Crippen LogP contribution in [0.1, 0.15) is 114 Å². The molecule has 0 aliphatic heterocycles. The Labute approximate surface area is 219 Å². The minimum absolute atomic E-state index is 0.816. The zero-order valence-electron chi connectivity index (χ0n) is 23.6. The van der Waals surface area contributed by atoms with Crippen molar-refractivity contribution < 1.29 is 0 Å².